The Hall–Kier alpha value is -2.14. The van der Waals surface area contributed by atoms with Crippen molar-refractivity contribution in [1.82, 2.24) is 0 Å². The molecule has 0 saturated heterocycles. The zero-order valence-electron chi connectivity index (χ0n) is 12.9. The summed E-state index contributed by atoms with van der Waals surface area (Å²) in [5.74, 6) is 0.272. The van der Waals surface area contributed by atoms with Gasteiger partial charge in [0.2, 0.25) is 0 Å². The maximum absolute atomic E-state index is 12.3. The van der Waals surface area contributed by atoms with Crippen molar-refractivity contribution in [1.29, 1.82) is 0 Å². The van der Waals surface area contributed by atoms with Crippen molar-refractivity contribution >= 4 is 33.3 Å². The van der Waals surface area contributed by atoms with Crippen LogP contribution in [0.3, 0.4) is 0 Å². The van der Waals surface area contributed by atoms with Crippen molar-refractivity contribution in [2.45, 2.75) is 25.9 Å². The summed E-state index contributed by atoms with van der Waals surface area (Å²) in [4.78, 5) is 24.6. The number of carbonyl (C=O) groups excluding carboxylic acids is 2. The number of fused-ring (bicyclic) bond motifs is 1. The number of carbonyl (C=O) groups is 2. The molecular formula is C18H16BrNO3. The maximum atomic E-state index is 12.3. The van der Waals surface area contributed by atoms with Crippen LogP contribution in [0.15, 0.2) is 46.9 Å². The molecule has 1 aliphatic heterocycles. The summed E-state index contributed by atoms with van der Waals surface area (Å²) in [6, 6.07) is 12.3. The molecule has 1 amide bonds. The third-order valence-corrected chi connectivity index (χ3v) is 4.15. The summed E-state index contributed by atoms with van der Waals surface area (Å²) in [5.41, 5.74) is 1.08. The molecule has 3 rings (SSSR count). The molecule has 2 aromatic carbocycles. The Kier molecular flexibility index (Phi) is 3.98. The lowest BCUT2D eigenvalue weighted by Gasteiger charge is -2.31. The van der Waals surface area contributed by atoms with Gasteiger partial charge in [-0.05, 0) is 56.3 Å². The fourth-order valence-corrected chi connectivity index (χ4v) is 2.79. The molecule has 1 N–H and O–H groups in total. The first-order chi connectivity index (χ1) is 10.8. The van der Waals surface area contributed by atoms with Crippen LogP contribution in [0.1, 0.15) is 41.0 Å². The van der Waals surface area contributed by atoms with Crippen molar-refractivity contribution in [3.8, 4) is 5.75 Å². The monoisotopic (exact) mass is 373 g/mol. The van der Waals surface area contributed by atoms with Gasteiger partial charge in [0.1, 0.15) is 11.4 Å². The van der Waals surface area contributed by atoms with Crippen LogP contribution in [-0.2, 0) is 0 Å². The third kappa shape index (κ3) is 3.45. The van der Waals surface area contributed by atoms with Gasteiger partial charge in [0, 0.05) is 15.7 Å². The molecule has 118 valence electrons. The maximum Gasteiger partial charge on any atom is 0.255 e. The van der Waals surface area contributed by atoms with E-state index in [0.717, 1.165) is 4.47 Å². The van der Waals surface area contributed by atoms with Crippen LogP contribution in [0.2, 0.25) is 0 Å². The predicted octanol–water partition coefficient (Wildman–Crippen LogP) is 4.45. The molecule has 0 aromatic heterocycles. The van der Waals surface area contributed by atoms with Crippen molar-refractivity contribution in [3.05, 3.63) is 58.1 Å². The Morgan fingerprint density at radius 2 is 1.87 bits per heavy atom. The van der Waals surface area contributed by atoms with Crippen LogP contribution in [0, 0.1) is 0 Å². The van der Waals surface area contributed by atoms with E-state index in [1.54, 1.807) is 30.3 Å². The number of hydrogen-bond acceptors (Lipinski definition) is 3. The normalized spacial score (nSPS) is 15.5. The van der Waals surface area contributed by atoms with Gasteiger partial charge in [-0.2, -0.15) is 0 Å². The average Bonchev–Trinajstić information content (AvgIpc) is 2.48. The number of hydrogen-bond donors (Lipinski definition) is 1. The van der Waals surface area contributed by atoms with Crippen LogP contribution < -0.4 is 10.1 Å². The fraction of sp³-hybridized carbons (Fsp3) is 0.222. The topological polar surface area (TPSA) is 55.4 Å². The highest BCUT2D eigenvalue weighted by Crippen LogP contribution is 2.33. The molecule has 0 unspecified atom stereocenters. The molecule has 0 fully saturated rings. The molecule has 23 heavy (non-hydrogen) atoms. The Bertz CT molecular complexity index is 781. The van der Waals surface area contributed by atoms with Crippen molar-refractivity contribution in [2.24, 2.45) is 0 Å². The number of nitrogens with one attached hydrogen (secondary N) is 1. The van der Waals surface area contributed by atoms with E-state index in [1.807, 2.05) is 26.0 Å². The van der Waals surface area contributed by atoms with Gasteiger partial charge in [-0.15, -0.1) is 0 Å². The van der Waals surface area contributed by atoms with Gasteiger partial charge in [0.25, 0.3) is 5.91 Å². The highest BCUT2D eigenvalue weighted by molar-refractivity contribution is 9.10. The zero-order valence-corrected chi connectivity index (χ0v) is 14.4. The van der Waals surface area contributed by atoms with Gasteiger partial charge >= 0.3 is 0 Å². The van der Waals surface area contributed by atoms with E-state index in [2.05, 4.69) is 21.2 Å². The van der Waals surface area contributed by atoms with Crippen LogP contribution in [-0.4, -0.2) is 17.3 Å². The SMILES string of the molecule is CC1(C)CC(=O)c2cc(C(=O)Nc3ccc(Br)cc3)ccc2O1. The number of halogens is 1. The molecule has 5 heteroatoms. The molecule has 0 saturated carbocycles. The van der Waals surface area contributed by atoms with E-state index in [1.165, 1.54) is 0 Å². The lowest BCUT2D eigenvalue weighted by Crippen LogP contribution is -2.36. The summed E-state index contributed by atoms with van der Waals surface area (Å²) in [6.07, 6.45) is 0.303. The van der Waals surface area contributed by atoms with E-state index in [4.69, 9.17) is 4.74 Å². The molecule has 1 heterocycles. The van der Waals surface area contributed by atoms with Crippen LogP contribution >= 0.6 is 15.9 Å². The number of rotatable bonds is 2. The lowest BCUT2D eigenvalue weighted by molar-refractivity contribution is 0.0620. The highest BCUT2D eigenvalue weighted by Gasteiger charge is 2.32. The van der Waals surface area contributed by atoms with E-state index >= 15 is 0 Å². The van der Waals surface area contributed by atoms with E-state index in [9.17, 15) is 9.59 Å². The smallest absolute Gasteiger partial charge is 0.255 e. The number of benzene rings is 2. The number of amides is 1. The second-order valence-corrected chi connectivity index (χ2v) is 7.05. The number of ketones is 1. The molecule has 2 aromatic rings. The number of anilines is 1. The molecule has 0 atom stereocenters. The van der Waals surface area contributed by atoms with Gasteiger partial charge in [-0.1, -0.05) is 15.9 Å². The van der Waals surface area contributed by atoms with Gasteiger partial charge in [-0.3, -0.25) is 9.59 Å². The summed E-state index contributed by atoms with van der Waals surface area (Å²) in [7, 11) is 0. The number of ether oxygens (including phenoxy) is 1. The van der Waals surface area contributed by atoms with Gasteiger partial charge in [0.15, 0.2) is 5.78 Å². The average molecular weight is 374 g/mol. The van der Waals surface area contributed by atoms with E-state index in [-0.39, 0.29) is 11.7 Å². The summed E-state index contributed by atoms with van der Waals surface area (Å²) in [5, 5.41) is 2.81. The highest BCUT2D eigenvalue weighted by atomic mass is 79.9. The zero-order chi connectivity index (χ0) is 16.6. The minimum absolute atomic E-state index is 0.00505. The molecule has 4 nitrogen and oxygen atoms in total. The molecular weight excluding hydrogens is 358 g/mol. The second-order valence-electron chi connectivity index (χ2n) is 6.13. The number of Topliss-reactive ketones (excluding diaryl/α,β-unsaturated/α-hetero) is 1. The Morgan fingerprint density at radius 3 is 2.57 bits per heavy atom. The van der Waals surface area contributed by atoms with Gasteiger partial charge < -0.3 is 10.1 Å². The Morgan fingerprint density at radius 1 is 1.17 bits per heavy atom. The van der Waals surface area contributed by atoms with Crippen LogP contribution in [0.4, 0.5) is 5.69 Å². The third-order valence-electron chi connectivity index (χ3n) is 3.62. The molecule has 0 bridgehead atoms. The van der Waals surface area contributed by atoms with E-state index < -0.39 is 5.60 Å². The minimum atomic E-state index is -0.509. The largest absolute Gasteiger partial charge is 0.487 e. The Labute approximate surface area is 143 Å². The second kappa shape index (κ2) is 5.81. The molecule has 0 aliphatic carbocycles. The summed E-state index contributed by atoms with van der Waals surface area (Å²) in [6.45, 7) is 3.75. The van der Waals surface area contributed by atoms with Crippen molar-refractivity contribution < 1.29 is 14.3 Å². The quantitative estimate of drug-likeness (QED) is 0.845. The first-order valence-electron chi connectivity index (χ1n) is 7.27. The lowest BCUT2D eigenvalue weighted by atomic mass is 9.92. The van der Waals surface area contributed by atoms with Crippen LogP contribution in [0.25, 0.3) is 0 Å². The summed E-state index contributed by atoms with van der Waals surface area (Å²) >= 11 is 3.35. The summed E-state index contributed by atoms with van der Waals surface area (Å²) < 4.78 is 6.74. The standard InChI is InChI=1S/C18H16BrNO3/c1-18(2)10-15(21)14-9-11(3-8-16(14)23-18)17(22)20-13-6-4-12(19)5-7-13/h3-9H,10H2,1-2H3,(H,20,22). The predicted molar refractivity (Wildman–Crippen MR) is 92.2 cm³/mol. The fourth-order valence-electron chi connectivity index (χ4n) is 2.53. The first kappa shape index (κ1) is 15.7. The first-order valence-corrected chi connectivity index (χ1v) is 8.06. The minimum Gasteiger partial charge on any atom is -0.487 e. The van der Waals surface area contributed by atoms with Gasteiger partial charge in [0.05, 0.1) is 12.0 Å². The molecule has 1 aliphatic rings. The van der Waals surface area contributed by atoms with E-state index in [0.29, 0.717) is 29.0 Å². The van der Waals surface area contributed by atoms with Crippen LogP contribution in [0.5, 0.6) is 5.75 Å². The van der Waals surface area contributed by atoms with Gasteiger partial charge in [-0.25, -0.2) is 0 Å². The molecule has 0 radical (unpaired) electrons. The van der Waals surface area contributed by atoms with Crippen molar-refractivity contribution in [3.63, 3.8) is 0 Å². The van der Waals surface area contributed by atoms with Crippen molar-refractivity contribution in [2.75, 3.05) is 5.32 Å². The Balaban J connectivity index is 1.84. The molecule has 0 spiro atoms.